The van der Waals surface area contributed by atoms with Gasteiger partial charge in [-0.1, -0.05) is 26.0 Å². The molecule has 0 bridgehead atoms. The highest BCUT2D eigenvalue weighted by Crippen LogP contribution is 2.23. The average Bonchev–Trinajstić information content (AvgIpc) is 3.25. The third-order valence-electron chi connectivity index (χ3n) is 4.75. The van der Waals surface area contributed by atoms with Crippen molar-refractivity contribution in [2.75, 3.05) is 18.4 Å². The number of rotatable bonds is 5. The molecule has 1 aliphatic heterocycles. The van der Waals surface area contributed by atoms with Crippen LogP contribution in [0.3, 0.4) is 0 Å². The number of hydrogen-bond acceptors (Lipinski definition) is 3. The second kappa shape index (κ2) is 7.25. The Morgan fingerprint density at radius 1 is 1.12 bits per heavy atom. The minimum atomic E-state index is -3.53. The summed E-state index contributed by atoms with van der Waals surface area (Å²) in [5.41, 5.74) is 2.20. The molecule has 1 fully saturated rings. The van der Waals surface area contributed by atoms with Crippen LogP contribution in [0.15, 0.2) is 41.4 Å². The number of nitrogens with one attached hydrogen (secondary N) is 1. The summed E-state index contributed by atoms with van der Waals surface area (Å²) in [4.78, 5) is 12.7. The summed E-state index contributed by atoms with van der Waals surface area (Å²) in [5, 5.41) is 2.83. The smallest absolute Gasteiger partial charge is 0.272 e. The van der Waals surface area contributed by atoms with Gasteiger partial charge < -0.3 is 9.88 Å². The van der Waals surface area contributed by atoms with Gasteiger partial charge in [0.1, 0.15) is 10.6 Å². The van der Waals surface area contributed by atoms with Crippen LogP contribution >= 0.6 is 0 Å². The molecule has 0 atom stereocenters. The van der Waals surface area contributed by atoms with Gasteiger partial charge in [-0.15, -0.1) is 0 Å². The molecule has 0 spiro atoms. The molecule has 140 valence electrons. The molecule has 6 nitrogen and oxygen atoms in total. The Hall–Kier alpha value is -2.12. The molecule has 0 saturated carbocycles. The highest BCUT2D eigenvalue weighted by molar-refractivity contribution is 7.89. The Morgan fingerprint density at radius 2 is 1.73 bits per heavy atom. The normalized spacial score (nSPS) is 15.5. The molecular weight excluding hydrogens is 350 g/mol. The predicted octanol–water partition coefficient (Wildman–Crippen LogP) is 3.19. The molecule has 3 rings (SSSR count). The van der Waals surface area contributed by atoms with E-state index in [9.17, 15) is 13.2 Å². The molecule has 2 aromatic rings. The van der Waals surface area contributed by atoms with E-state index < -0.39 is 10.0 Å². The van der Waals surface area contributed by atoms with Crippen molar-refractivity contribution in [3.05, 3.63) is 47.8 Å². The maximum absolute atomic E-state index is 12.7. The number of carbonyl (C=O) groups is 1. The Bertz CT molecular complexity index is 893. The molecule has 1 aromatic carbocycles. The van der Waals surface area contributed by atoms with Gasteiger partial charge in [-0.05, 0) is 42.5 Å². The second-order valence-corrected chi connectivity index (χ2v) is 8.95. The number of hydrogen-bond donors (Lipinski definition) is 1. The molecule has 1 N–H and O–H groups in total. The maximum atomic E-state index is 12.7. The first-order valence-electron chi connectivity index (χ1n) is 8.87. The van der Waals surface area contributed by atoms with E-state index in [1.165, 1.54) is 22.1 Å². The number of anilines is 1. The first kappa shape index (κ1) is 18.7. The Balaban J connectivity index is 1.79. The fourth-order valence-corrected chi connectivity index (χ4v) is 4.71. The molecular formula is C19H25N3O3S. The van der Waals surface area contributed by atoms with Crippen molar-refractivity contribution in [2.24, 2.45) is 7.05 Å². The van der Waals surface area contributed by atoms with E-state index in [0.29, 0.717) is 30.4 Å². The molecule has 1 saturated heterocycles. The fourth-order valence-electron chi connectivity index (χ4n) is 3.13. The summed E-state index contributed by atoms with van der Waals surface area (Å²) >= 11 is 0. The van der Waals surface area contributed by atoms with E-state index in [1.54, 1.807) is 11.6 Å². The summed E-state index contributed by atoms with van der Waals surface area (Å²) in [6.45, 7) is 5.31. The number of aryl methyl sites for hydroxylation is 1. The quantitative estimate of drug-likeness (QED) is 0.872. The zero-order chi connectivity index (χ0) is 18.9. The minimum Gasteiger partial charge on any atom is -0.345 e. The van der Waals surface area contributed by atoms with Crippen molar-refractivity contribution in [1.29, 1.82) is 0 Å². The summed E-state index contributed by atoms with van der Waals surface area (Å²) in [6.07, 6.45) is 3.27. The summed E-state index contributed by atoms with van der Waals surface area (Å²) in [5.74, 6) is 0.0960. The number of sulfonamides is 1. The number of carbonyl (C=O) groups excluding carboxylic acids is 1. The Labute approximate surface area is 154 Å². The van der Waals surface area contributed by atoms with E-state index >= 15 is 0 Å². The van der Waals surface area contributed by atoms with Crippen LogP contribution < -0.4 is 5.32 Å². The molecule has 1 aliphatic rings. The van der Waals surface area contributed by atoms with Crippen molar-refractivity contribution in [1.82, 2.24) is 8.87 Å². The highest BCUT2D eigenvalue weighted by atomic mass is 32.2. The minimum absolute atomic E-state index is 0.169. The van der Waals surface area contributed by atoms with Gasteiger partial charge in [0.25, 0.3) is 5.91 Å². The van der Waals surface area contributed by atoms with Crippen molar-refractivity contribution in [3.63, 3.8) is 0 Å². The first-order valence-corrected chi connectivity index (χ1v) is 10.3. The van der Waals surface area contributed by atoms with Crippen molar-refractivity contribution in [3.8, 4) is 0 Å². The number of amides is 1. The monoisotopic (exact) mass is 375 g/mol. The molecule has 1 aromatic heterocycles. The Morgan fingerprint density at radius 3 is 2.31 bits per heavy atom. The summed E-state index contributed by atoms with van der Waals surface area (Å²) in [7, 11) is -1.85. The van der Waals surface area contributed by atoms with Crippen molar-refractivity contribution < 1.29 is 13.2 Å². The topological polar surface area (TPSA) is 71.4 Å². The van der Waals surface area contributed by atoms with Crippen LogP contribution in [0.5, 0.6) is 0 Å². The van der Waals surface area contributed by atoms with Crippen molar-refractivity contribution in [2.45, 2.75) is 37.5 Å². The van der Waals surface area contributed by atoms with E-state index in [1.807, 2.05) is 24.3 Å². The number of nitrogens with zero attached hydrogens (tertiary/aromatic N) is 2. The largest absolute Gasteiger partial charge is 0.345 e. The highest BCUT2D eigenvalue weighted by Gasteiger charge is 2.29. The number of benzene rings is 1. The first-order chi connectivity index (χ1) is 12.3. The van der Waals surface area contributed by atoms with Gasteiger partial charge >= 0.3 is 0 Å². The zero-order valence-electron chi connectivity index (χ0n) is 15.4. The van der Waals surface area contributed by atoms with E-state index in [4.69, 9.17) is 0 Å². The SMILES string of the molecule is CC(C)c1ccc(NC(=O)c2cc(S(=O)(=O)N3CCCC3)cn2C)cc1. The summed E-state index contributed by atoms with van der Waals surface area (Å²) < 4.78 is 28.4. The standard InChI is InChI=1S/C19H25N3O3S/c1-14(2)15-6-8-16(9-7-15)20-19(23)18-12-17(13-21(18)3)26(24,25)22-10-4-5-11-22/h6-9,12-14H,4-5,10-11H2,1-3H3,(H,20,23). The van der Waals surface area contributed by atoms with Crippen LogP contribution in [0.1, 0.15) is 48.7 Å². The zero-order valence-corrected chi connectivity index (χ0v) is 16.2. The second-order valence-electron chi connectivity index (χ2n) is 7.01. The van der Waals surface area contributed by atoms with Crippen LogP contribution in [0.2, 0.25) is 0 Å². The lowest BCUT2D eigenvalue weighted by Gasteiger charge is -2.13. The van der Waals surface area contributed by atoms with Gasteiger partial charge in [0, 0.05) is 32.0 Å². The van der Waals surface area contributed by atoms with E-state index in [0.717, 1.165) is 12.8 Å². The lowest BCUT2D eigenvalue weighted by atomic mass is 10.0. The van der Waals surface area contributed by atoms with Crippen LogP contribution in [-0.4, -0.2) is 36.3 Å². The van der Waals surface area contributed by atoms with Crippen molar-refractivity contribution >= 4 is 21.6 Å². The molecule has 7 heteroatoms. The maximum Gasteiger partial charge on any atom is 0.272 e. The molecule has 0 radical (unpaired) electrons. The third kappa shape index (κ3) is 3.68. The molecule has 0 unspecified atom stereocenters. The lowest BCUT2D eigenvalue weighted by molar-refractivity contribution is 0.101. The lowest BCUT2D eigenvalue weighted by Crippen LogP contribution is -2.27. The summed E-state index contributed by atoms with van der Waals surface area (Å²) in [6, 6.07) is 9.13. The predicted molar refractivity (Wildman–Crippen MR) is 102 cm³/mol. The van der Waals surface area contributed by atoms with Crippen LogP contribution in [0, 0.1) is 0 Å². The molecule has 0 aliphatic carbocycles. The van der Waals surface area contributed by atoms with Gasteiger partial charge in [-0.2, -0.15) is 4.31 Å². The Kier molecular flexibility index (Phi) is 5.20. The van der Waals surface area contributed by atoms with Gasteiger partial charge in [0.15, 0.2) is 0 Å². The van der Waals surface area contributed by atoms with Gasteiger partial charge in [-0.3, -0.25) is 4.79 Å². The average molecular weight is 375 g/mol. The molecule has 1 amide bonds. The molecule has 2 heterocycles. The number of aromatic nitrogens is 1. The van der Waals surface area contributed by atoms with Gasteiger partial charge in [0.2, 0.25) is 10.0 Å². The van der Waals surface area contributed by atoms with E-state index in [2.05, 4.69) is 19.2 Å². The third-order valence-corrected chi connectivity index (χ3v) is 6.61. The molecule has 26 heavy (non-hydrogen) atoms. The van der Waals surface area contributed by atoms with Crippen LogP contribution in [0.4, 0.5) is 5.69 Å². The van der Waals surface area contributed by atoms with Gasteiger partial charge in [0.05, 0.1) is 0 Å². The fraction of sp³-hybridized carbons (Fsp3) is 0.421. The van der Waals surface area contributed by atoms with Crippen LogP contribution in [0.25, 0.3) is 0 Å². The van der Waals surface area contributed by atoms with Gasteiger partial charge in [-0.25, -0.2) is 8.42 Å². The van der Waals surface area contributed by atoms with E-state index in [-0.39, 0.29) is 10.8 Å². The van der Waals surface area contributed by atoms with Crippen LogP contribution in [-0.2, 0) is 17.1 Å².